The molecular formula is C19H32IN3O4S. The highest BCUT2D eigenvalue weighted by Crippen LogP contribution is 2.33. The molecule has 0 amide bonds. The zero-order valence-corrected chi connectivity index (χ0v) is 20.4. The fourth-order valence-electron chi connectivity index (χ4n) is 3.05. The van der Waals surface area contributed by atoms with Gasteiger partial charge in [-0.05, 0) is 31.0 Å². The molecule has 0 saturated carbocycles. The minimum Gasteiger partial charge on any atom is -0.493 e. The molecule has 0 aliphatic carbocycles. The number of nitrogens with one attached hydrogen (secondary N) is 2. The van der Waals surface area contributed by atoms with E-state index in [9.17, 15) is 8.42 Å². The molecule has 1 aromatic rings. The normalized spacial score (nSPS) is 18.9. The van der Waals surface area contributed by atoms with E-state index in [1.54, 1.807) is 14.2 Å². The quantitative estimate of drug-likeness (QED) is 0.323. The molecule has 1 heterocycles. The Morgan fingerprint density at radius 2 is 1.93 bits per heavy atom. The summed E-state index contributed by atoms with van der Waals surface area (Å²) in [5.41, 5.74) is 0.854. The van der Waals surface area contributed by atoms with E-state index in [-0.39, 0.29) is 46.9 Å². The van der Waals surface area contributed by atoms with Crippen molar-refractivity contribution in [1.29, 1.82) is 0 Å². The lowest BCUT2D eigenvalue weighted by molar-refractivity contribution is 0.353. The van der Waals surface area contributed by atoms with Crippen molar-refractivity contribution in [3.8, 4) is 11.5 Å². The second-order valence-corrected chi connectivity index (χ2v) is 9.62. The third-order valence-corrected chi connectivity index (χ3v) is 6.48. The van der Waals surface area contributed by atoms with Crippen LogP contribution in [0.2, 0.25) is 0 Å². The van der Waals surface area contributed by atoms with Crippen LogP contribution in [-0.2, 0) is 15.3 Å². The van der Waals surface area contributed by atoms with Gasteiger partial charge in [-0.25, -0.2) is 8.42 Å². The van der Waals surface area contributed by atoms with Crippen LogP contribution >= 0.6 is 24.0 Å². The lowest BCUT2D eigenvalue weighted by Gasteiger charge is -2.25. The summed E-state index contributed by atoms with van der Waals surface area (Å²) in [6.07, 6.45) is 0.617. The van der Waals surface area contributed by atoms with E-state index >= 15 is 0 Å². The number of methoxy groups -OCH3 is 2. The molecule has 2 N–H and O–H groups in total. The monoisotopic (exact) mass is 525 g/mol. The summed E-state index contributed by atoms with van der Waals surface area (Å²) < 4.78 is 34.1. The zero-order valence-electron chi connectivity index (χ0n) is 17.2. The first kappa shape index (κ1) is 24.8. The number of benzene rings is 1. The Morgan fingerprint density at radius 3 is 2.46 bits per heavy atom. The zero-order chi connectivity index (χ0) is 20.1. The summed E-state index contributed by atoms with van der Waals surface area (Å²) in [5, 5.41) is 6.45. The van der Waals surface area contributed by atoms with Crippen molar-refractivity contribution in [2.45, 2.75) is 38.6 Å². The molecule has 1 fully saturated rings. The maximum Gasteiger partial charge on any atom is 0.191 e. The molecule has 2 rings (SSSR count). The van der Waals surface area contributed by atoms with Crippen LogP contribution in [0.4, 0.5) is 0 Å². The van der Waals surface area contributed by atoms with Gasteiger partial charge in [-0.15, -0.1) is 24.0 Å². The number of hydrogen-bond donors (Lipinski definition) is 2. The number of nitrogens with zero attached hydrogens (tertiary/aromatic N) is 1. The summed E-state index contributed by atoms with van der Waals surface area (Å²) in [4.78, 5) is 4.70. The topological polar surface area (TPSA) is 89.0 Å². The van der Waals surface area contributed by atoms with Crippen molar-refractivity contribution < 1.29 is 17.9 Å². The summed E-state index contributed by atoms with van der Waals surface area (Å²) in [6.45, 7) is 7.46. The molecule has 1 saturated heterocycles. The van der Waals surface area contributed by atoms with Gasteiger partial charge in [0, 0.05) is 18.0 Å². The van der Waals surface area contributed by atoms with Crippen molar-refractivity contribution in [3.63, 3.8) is 0 Å². The molecule has 1 unspecified atom stereocenters. The van der Waals surface area contributed by atoms with Gasteiger partial charge in [0.1, 0.15) is 0 Å². The van der Waals surface area contributed by atoms with E-state index in [0.717, 1.165) is 5.56 Å². The van der Waals surface area contributed by atoms with Crippen LogP contribution < -0.4 is 20.1 Å². The first-order chi connectivity index (χ1) is 12.7. The van der Waals surface area contributed by atoms with Crippen LogP contribution in [0.25, 0.3) is 0 Å². The Labute approximate surface area is 185 Å². The maximum atomic E-state index is 11.7. The molecule has 0 aromatic heterocycles. The summed E-state index contributed by atoms with van der Waals surface area (Å²) in [7, 11) is 0.309. The predicted molar refractivity (Wildman–Crippen MR) is 124 cm³/mol. The lowest BCUT2D eigenvalue weighted by atomic mass is 9.84. The molecule has 0 radical (unpaired) electrons. The van der Waals surface area contributed by atoms with E-state index in [1.807, 2.05) is 25.1 Å². The van der Waals surface area contributed by atoms with Crippen LogP contribution in [0.15, 0.2) is 23.2 Å². The van der Waals surface area contributed by atoms with Gasteiger partial charge in [0.2, 0.25) is 0 Å². The van der Waals surface area contributed by atoms with Crippen LogP contribution in [0.3, 0.4) is 0 Å². The number of halogens is 1. The Hall–Kier alpha value is -1.23. The van der Waals surface area contributed by atoms with E-state index in [4.69, 9.17) is 14.5 Å². The molecule has 1 aliphatic heterocycles. The summed E-state index contributed by atoms with van der Waals surface area (Å²) >= 11 is 0. The average Bonchev–Trinajstić information content (AvgIpc) is 2.97. The number of guanidine groups is 1. The minimum absolute atomic E-state index is 0. The summed E-state index contributed by atoms with van der Waals surface area (Å²) in [6, 6.07) is 5.79. The lowest BCUT2D eigenvalue weighted by Crippen LogP contribution is -2.44. The van der Waals surface area contributed by atoms with Crippen molar-refractivity contribution >= 4 is 39.8 Å². The van der Waals surface area contributed by atoms with Gasteiger partial charge in [0.25, 0.3) is 0 Å². The molecule has 0 spiro atoms. The van der Waals surface area contributed by atoms with Crippen LogP contribution in [0.1, 0.15) is 32.8 Å². The number of hydrogen-bond acceptors (Lipinski definition) is 5. The number of rotatable bonds is 7. The Balaban J connectivity index is 0.00000392. The Kier molecular flexibility index (Phi) is 9.32. The fourth-order valence-corrected chi connectivity index (χ4v) is 4.72. The number of ether oxygens (including phenoxy) is 2. The van der Waals surface area contributed by atoms with Crippen LogP contribution in [0, 0.1) is 0 Å². The van der Waals surface area contributed by atoms with Crippen molar-refractivity contribution in [2.75, 3.05) is 38.8 Å². The fraction of sp³-hybridized carbons (Fsp3) is 0.632. The molecule has 160 valence electrons. The SMILES string of the molecule is CCNC(=NCC(C)(C)c1ccc(OC)c(OC)c1)NC1CCS(=O)(=O)C1.I. The average molecular weight is 525 g/mol. The second kappa shape index (κ2) is 10.5. The molecule has 1 aromatic carbocycles. The molecular weight excluding hydrogens is 493 g/mol. The van der Waals surface area contributed by atoms with Gasteiger partial charge in [-0.1, -0.05) is 19.9 Å². The van der Waals surface area contributed by atoms with Gasteiger partial charge >= 0.3 is 0 Å². The van der Waals surface area contributed by atoms with Gasteiger partial charge in [0.15, 0.2) is 27.3 Å². The number of aliphatic imine (C=N–C) groups is 1. The van der Waals surface area contributed by atoms with Gasteiger partial charge in [-0.2, -0.15) is 0 Å². The minimum atomic E-state index is -2.93. The Bertz CT molecular complexity index is 781. The molecule has 7 nitrogen and oxygen atoms in total. The van der Waals surface area contributed by atoms with Crippen molar-refractivity contribution in [1.82, 2.24) is 10.6 Å². The standard InChI is InChI=1S/C19H31N3O4S.HI/c1-6-20-18(22-15-9-10-27(23,24)12-15)21-13-19(2,3)14-7-8-16(25-4)17(11-14)26-5;/h7-8,11,15H,6,9-10,12-13H2,1-5H3,(H2,20,21,22);1H. The first-order valence-electron chi connectivity index (χ1n) is 9.18. The number of sulfone groups is 1. The molecule has 28 heavy (non-hydrogen) atoms. The molecule has 1 aliphatic rings. The third-order valence-electron chi connectivity index (χ3n) is 4.71. The second-order valence-electron chi connectivity index (χ2n) is 7.39. The van der Waals surface area contributed by atoms with E-state index in [1.165, 1.54) is 0 Å². The largest absolute Gasteiger partial charge is 0.493 e. The maximum absolute atomic E-state index is 11.7. The highest BCUT2D eigenvalue weighted by molar-refractivity contribution is 14.0. The van der Waals surface area contributed by atoms with Gasteiger partial charge in [-0.3, -0.25) is 4.99 Å². The first-order valence-corrected chi connectivity index (χ1v) is 11.0. The van der Waals surface area contributed by atoms with Crippen molar-refractivity contribution in [3.05, 3.63) is 23.8 Å². The Morgan fingerprint density at radius 1 is 1.25 bits per heavy atom. The van der Waals surface area contributed by atoms with E-state index in [2.05, 4.69) is 24.5 Å². The summed E-state index contributed by atoms with van der Waals surface area (Å²) in [5.74, 6) is 2.43. The molecule has 9 heteroatoms. The third kappa shape index (κ3) is 6.68. The molecule has 0 bridgehead atoms. The molecule has 1 atom stereocenters. The van der Waals surface area contributed by atoms with E-state index < -0.39 is 9.84 Å². The van der Waals surface area contributed by atoms with Gasteiger partial charge < -0.3 is 20.1 Å². The van der Waals surface area contributed by atoms with Crippen LogP contribution in [0.5, 0.6) is 11.5 Å². The van der Waals surface area contributed by atoms with Crippen molar-refractivity contribution in [2.24, 2.45) is 4.99 Å². The predicted octanol–water partition coefficient (Wildman–Crippen LogP) is 2.34. The van der Waals surface area contributed by atoms with Gasteiger partial charge in [0.05, 0.1) is 32.3 Å². The smallest absolute Gasteiger partial charge is 0.191 e. The van der Waals surface area contributed by atoms with E-state index in [0.29, 0.717) is 37.0 Å². The van der Waals surface area contributed by atoms with Crippen LogP contribution in [-0.4, -0.2) is 59.2 Å². The highest BCUT2D eigenvalue weighted by Gasteiger charge is 2.29. The highest BCUT2D eigenvalue weighted by atomic mass is 127.